The Morgan fingerprint density at radius 1 is 0.825 bits per heavy atom. The Hall–Kier alpha value is -0.550. The van der Waals surface area contributed by atoms with Crippen LogP contribution in [-0.4, -0.2) is 46.6 Å². The van der Waals surface area contributed by atoms with Gasteiger partial charge in [0.15, 0.2) is 0 Å². The van der Waals surface area contributed by atoms with Crippen molar-refractivity contribution in [3.63, 3.8) is 0 Å². The smallest absolute Gasteiger partial charge is 0.259 e. The first-order valence-electron chi connectivity index (χ1n) is 16.3. The third-order valence-electron chi connectivity index (χ3n) is 8.61. The summed E-state index contributed by atoms with van der Waals surface area (Å²) in [5.74, 6) is 0. The van der Waals surface area contributed by atoms with E-state index in [0.717, 1.165) is 32.6 Å². The molecule has 1 atom stereocenters. The highest BCUT2D eigenvalue weighted by molar-refractivity contribution is 7.44. The van der Waals surface area contributed by atoms with E-state index in [-0.39, 0.29) is 22.6 Å². The molecule has 6 heteroatoms. The van der Waals surface area contributed by atoms with Crippen molar-refractivity contribution in [1.29, 1.82) is 0 Å². The molecule has 0 bridgehead atoms. The van der Waals surface area contributed by atoms with E-state index in [1.807, 2.05) is 0 Å². The maximum absolute atomic E-state index is 6.73. The zero-order valence-corrected chi connectivity index (χ0v) is 28.1. The third kappa shape index (κ3) is 10.3. The fourth-order valence-electron chi connectivity index (χ4n) is 6.50. The minimum atomic E-state index is -1.03. The summed E-state index contributed by atoms with van der Waals surface area (Å²) < 4.78 is 15.5. The fourth-order valence-corrected chi connectivity index (χ4v) is 8.52. The molecule has 2 aliphatic heterocycles. The van der Waals surface area contributed by atoms with E-state index in [1.54, 1.807) is 0 Å². The van der Waals surface area contributed by atoms with Crippen LogP contribution in [0.2, 0.25) is 0 Å². The molecule has 1 aromatic rings. The van der Waals surface area contributed by atoms with Gasteiger partial charge in [0, 0.05) is 29.1 Å². The van der Waals surface area contributed by atoms with E-state index >= 15 is 0 Å². The molecule has 2 fully saturated rings. The van der Waals surface area contributed by atoms with Crippen molar-refractivity contribution < 1.29 is 13.9 Å². The quantitative estimate of drug-likeness (QED) is 0.144. The van der Waals surface area contributed by atoms with Crippen molar-refractivity contribution in [2.75, 3.05) is 19.8 Å². The molecular weight excluding hydrogens is 515 g/mol. The van der Waals surface area contributed by atoms with E-state index in [9.17, 15) is 0 Å². The van der Waals surface area contributed by atoms with Crippen molar-refractivity contribution in [3.8, 4) is 0 Å². The zero-order valence-electron chi connectivity index (χ0n) is 27.2. The lowest BCUT2D eigenvalue weighted by atomic mass is 9.79. The molecule has 0 N–H and O–H groups in total. The molecule has 2 heterocycles. The molecular formula is C34H61N2O3P. The number of unbranched alkanes of at least 4 members (excludes halogenated alkanes) is 9. The third-order valence-corrected chi connectivity index (χ3v) is 10.3. The summed E-state index contributed by atoms with van der Waals surface area (Å²) in [7, 11) is -1.03. The van der Waals surface area contributed by atoms with E-state index in [1.165, 1.54) is 69.8 Å². The highest BCUT2D eigenvalue weighted by atomic mass is 31.2. The maximum atomic E-state index is 6.73. The van der Waals surface area contributed by atoms with Gasteiger partial charge in [-0.25, -0.2) is 4.67 Å². The van der Waals surface area contributed by atoms with Gasteiger partial charge in [0.1, 0.15) is 6.10 Å². The molecule has 2 aliphatic rings. The Balaban J connectivity index is 1.61. The minimum Gasteiger partial charge on any atom is -0.321 e. The molecule has 5 nitrogen and oxygen atoms in total. The lowest BCUT2D eigenvalue weighted by Crippen LogP contribution is -2.63. The van der Waals surface area contributed by atoms with Gasteiger partial charge in [0.05, 0.1) is 13.2 Å². The normalized spacial score (nSPS) is 22.5. The van der Waals surface area contributed by atoms with Gasteiger partial charge in [-0.05, 0) is 59.4 Å². The summed E-state index contributed by atoms with van der Waals surface area (Å²) in [6, 6.07) is 11.0. The first kappa shape index (κ1) is 33.9. The molecule has 2 saturated heterocycles. The maximum Gasteiger partial charge on any atom is 0.259 e. The van der Waals surface area contributed by atoms with Gasteiger partial charge in [0.25, 0.3) is 8.53 Å². The van der Waals surface area contributed by atoms with Crippen molar-refractivity contribution in [1.82, 2.24) is 9.73 Å². The first-order chi connectivity index (χ1) is 19.0. The van der Waals surface area contributed by atoms with E-state index in [4.69, 9.17) is 13.9 Å². The second-order valence-electron chi connectivity index (χ2n) is 14.4. The lowest BCUT2D eigenvalue weighted by Gasteiger charge is -2.56. The van der Waals surface area contributed by atoms with Crippen LogP contribution < -0.4 is 0 Å². The van der Waals surface area contributed by atoms with Gasteiger partial charge in [-0.15, -0.1) is 0 Å². The van der Waals surface area contributed by atoms with Crippen LogP contribution >= 0.6 is 8.53 Å². The number of piperidine rings is 1. The number of nitrogens with zero attached hydrogens (tertiary/aromatic N) is 2. The van der Waals surface area contributed by atoms with Crippen LogP contribution in [0.4, 0.5) is 0 Å². The Morgan fingerprint density at radius 2 is 1.32 bits per heavy atom. The molecule has 40 heavy (non-hydrogen) atoms. The van der Waals surface area contributed by atoms with E-state index in [2.05, 4.69) is 95.5 Å². The molecule has 0 saturated carbocycles. The Labute approximate surface area is 248 Å². The monoisotopic (exact) mass is 576 g/mol. The van der Waals surface area contributed by atoms with Crippen molar-refractivity contribution in [3.05, 3.63) is 35.9 Å². The topological polar surface area (TPSA) is 34.2 Å². The molecule has 1 aromatic carbocycles. The van der Waals surface area contributed by atoms with Crippen LogP contribution in [0, 0.1) is 5.41 Å². The molecule has 0 aliphatic carbocycles. The summed E-state index contributed by atoms with van der Waals surface area (Å²) in [5.41, 5.74) is 1.07. The highest BCUT2D eigenvalue weighted by Gasteiger charge is 2.50. The summed E-state index contributed by atoms with van der Waals surface area (Å²) >= 11 is 0. The fraction of sp³-hybridized carbons (Fsp3) is 0.824. The number of hydroxylamine groups is 2. The van der Waals surface area contributed by atoms with Crippen LogP contribution in [-0.2, 0) is 13.9 Å². The van der Waals surface area contributed by atoms with Crippen molar-refractivity contribution in [2.45, 2.75) is 156 Å². The summed E-state index contributed by atoms with van der Waals surface area (Å²) in [4.78, 5) is 6.73. The Morgan fingerprint density at radius 3 is 1.85 bits per heavy atom. The average Bonchev–Trinajstić information content (AvgIpc) is 2.90. The molecule has 1 unspecified atom stereocenters. The molecule has 0 amide bonds. The SMILES string of the molecule is CCCCCCCCCCCCN(C1CC(C)(C)N(OC(C)c2ccccc2)C(C)(C)C1)P1OCC(C)(C)CO1. The van der Waals surface area contributed by atoms with Crippen LogP contribution in [0.1, 0.15) is 144 Å². The van der Waals surface area contributed by atoms with Gasteiger partial charge < -0.3 is 9.05 Å². The average molecular weight is 577 g/mol. The van der Waals surface area contributed by atoms with E-state index < -0.39 is 8.53 Å². The minimum absolute atomic E-state index is 0.00988. The number of rotatable bonds is 16. The van der Waals surface area contributed by atoms with Gasteiger partial charge >= 0.3 is 0 Å². The van der Waals surface area contributed by atoms with Crippen LogP contribution in [0.25, 0.3) is 0 Å². The van der Waals surface area contributed by atoms with Gasteiger partial charge in [0.2, 0.25) is 0 Å². The molecule has 3 rings (SSSR count). The van der Waals surface area contributed by atoms with Crippen LogP contribution in [0.3, 0.4) is 0 Å². The van der Waals surface area contributed by atoms with E-state index in [0.29, 0.717) is 6.04 Å². The van der Waals surface area contributed by atoms with Gasteiger partial charge in [-0.2, -0.15) is 5.06 Å². The zero-order chi connectivity index (χ0) is 29.2. The Kier molecular flexibility index (Phi) is 13.4. The van der Waals surface area contributed by atoms with Crippen LogP contribution in [0.5, 0.6) is 0 Å². The largest absolute Gasteiger partial charge is 0.321 e. The lowest BCUT2D eigenvalue weighted by molar-refractivity contribution is -0.309. The van der Waals surface area contributed by atoms with Crippen molar-refractivity contribution >= 4 is 8.53 Å². The first-order valence-corrected chi connectivity index (χ1v) is 17.4. The Bertz CT molecular complexity index is 819. The van der Waals surface area contributed by atoms with Crippen molar-refractivity contribution in [2.24, 2.45) is 5.41 Å². The molecule has 230 valence electrons. The second-order valence-corrected chi connectivity index (χ2v) is 15.9. The standard InChI is InChI=1S/C34H61N2O3P/c1-9-10-11-12-13-14-15-16-17-21-24-35(40-37-27-32(3,4)28-38-40)31-25-33(5,6)36(34(7,8)26-31)39-29(2)30-22-19-18-20-23-30/h18-20,22-23,29,31H,9-17,21,24-28H2,1-8H3. The summed E-state index contributed by atoms with van der Waals surface area (Å²) in [6.07, 6.45) is 15.6. The summed E-state index contributed by atoms with van der Waals surface area (Å²) in [5, 5.41) is 2.30. The second kappa shape index (κ2) is 15.8. The van der Waals surface area contributed by atoms with Gasteiger partial charge in [-0.3, -0.25) is 4.84 Å². The molecule has 0 aromatic heterocycles. The predicted molar refractivity (Wildman–Crippen MR) is 170 cm³/mol. The van der Waals surface area contributed by atoms with Crippen LogP contribution in [0.15, 0.2) is 30.3 Å². The highest BCUT2D eigenvalue weighted by Crippen LogP contribution is 2.54. The predicted octanol–water partition coefficient (Wildman–Crippen LogP) is 10.2. The van der Waals surface area contributed by atoms with Gasteiger partial charge in [-0.1, -0.05) is 109 Å². The summed E-state index contributed by atoms with van der Waals surface area (Å²) in [6.45, 7) is 20.9. The number of hydrogen-bond acceptors (Lipinski definition) is 5. The number of hydrogen-bond donors (Lipinski definition) is 0. The molecule has 0 radical (unpaired) electrons. The molecule has 0 spiro atoms. The number of benzene rings is 1.